The second kappa shape index (κ2) is 12.4. The summed E-state index contributed by atoms with van der Waals surface area (Å²) in [6, 6.07) is 27.2. The van der Waals surface area contributed by atoms with Crippen molar-refractivity contribution in [2.45, 2.75) is 50.9 Å². The lowest BCUT2D eigenvalue weighted by Gasteiger charge is -2.57. The van der Waals surface area contributed by atoms with Gasteiger partial charge in [-0.3, -0.25) is 9.59 Å². The molecule has 0 atom stereocenters. The van der Waals surface area contributed by atoms with Gasteiger partial charge in [0.1, 0.15) is 0 Å². The summed E-state index contributed by atoms with van der Waals surface area (Å²) in [5.41, 5.74) is 6.44. The molecule has 4 bridgehead atoms. The summed E-state index contributed by atoms with van der Waals surface area (Å²) in [6.07, 6.45) is 9.81. The van der Waals surface area contributed by atoms with Gasteiger partial charge in [0.2, 0.25) is 0 Å². The molecule has 0 aromatic heterocycles. The molecule has 4 fully saturated rings. The van der Waals surface area contributed by atoms with E-state index in [4.69, 9.17) is 9.47 Å². The maximum atomic E-state index is 12.8. The number of rotatable bonds is 10. The van der Waals surface area contributed by atoms with Gasteiger partial charge >= 0.3 is 0 Å². The minimum Gasteiger partial charge on any atom is -0.490 e. The number of hydrazone groups is 1. The van der Waals surface area contributed by atoms with E-state index in [0.29, 0.717) is 34.6 Å². The van der Waals surface area contributed by atoms with Gasteiger partial charge in [-0.2, -0.15) is 5.10 Å². The smallest absolute Gasteiger partial charge is 0.271 e. The van der Waals surface area contributed by atoms with Crippen molar-refractivity contribution < 1.29 is 19.1 Å². The second-order valence-electron chi connectivity index (χ2n) is 13.0. The molecule has 2 N–H and O–H groups in total. The molecule has 4 aromatic carbocycles. The Labute approximate surface area is 264 Å². The molecule has 0 saturated heterocycles. The van der Waals surface area contributed by atoms with Crippen molar-refractivity contribution in [2.24, 2.45) is 22.9 Å². The Kier molecular flexibility index (Phi) is 8.01. The summed E-state index contributed by atoms with van der Waals surface area (Å²) in [5, 5.41) is 8.98. The van der Waals surface area contributed by atoms with E-state index >= 15 is 0 Å². The van der Waals surface area contributed by atoms with Gasteiger partial charge in [-0.15, -0.1) is 0 Å². The van der Waals surface area contributed by atoms with Crippen molar-refractivity contribution in [3.8, 4) is 11.5 Å². The van der Waals surface area contributed by atoms with Gasteiger partial charge in [0, 0.05) is 11.3 Å². The average molecular weight is 602 g/mol. The molecule has 7 heteroatoms. The molecule has 0 spiro atoms. The van der Waals surface area contributed by atoms with E-state index in [1.165, 1.54) is 44.1 Å². The van der Waals surface area contributed by atoms with Crippen molar-refractivity contribution in [1.29, 1.82) is 0 Å². The molecule has 2 amide bonds. The summed E-state index contributed by atoms with van der Waals surface area (Å²) < 4.78 is 11.6. The maximum Gasteiger partial charge on any atom is 0.271 e. The third kappa shape index (κ3) is 6.17. The number of amides is 2. The van der Waals surface area contributed by atoms with Gasteiger partial charge < -0.3 is 14.8 Å². The summed E-state index contributed by atoms with van der Waals surface area (Å²) in [4.78, 5) is 25.6. The topological polar surface area (TPSA) is 89.0 Å². The maximum absolute atomic E-state index is 12.8. The monoisotopic (exact) mass is 601 g/mol. The van der Waals surface area contributed by atoms with Crippen LogP contribution < -0.4 is 20.2 Å². The molecular formula is C38H39N3O4. The standard InChI is InChI=1S/C38H39N3O4/c1-2-44-35-19-25(23-39-41-37(43)33-9-5-7-29-6-3-4-8-32(29)33)10-15-34(35)45-24-36(42)40-31-13-11-30(12-14-31)38-20-26-16-27(21-38)18-28(17-26)22-38/h3-15,19,23,26-28H,2,16-18,20-22,24H2,1H3,(H,40,42)(H,41,43)/b39-23-. The SMILES string of the molecule is CCOc1cc(/C=N\NC(=O)c2cccc3ccccc23)ccc1OCC(=O)Nc1ccc(C23CC4CC(CC(C4)C2)C3)cc1. The zero-order valence-corrected chi connectivity index (χ0v) is 25.6. The predicted molar refractivity (Wildman–Crippen MR) is 177 cm³/mol. The highest BCUT2D eigenvalue weighted by molar-refractivity contribution is 6.07. The number of benzene rings is 4. The average Bonchev–Trinajstić information content (AvgIpc) is 3.04. The van der Waals surface area contributed by atoms with Gasteiger partial charge in [0.05, 0.1) is 12.8 Å². The number of ether oxygens (including phenoxy) is 2. The van der Waals surface area contributed by atoms with Crippen LogP contribution in [-0.2, 0) is 10.2 Å². The normalized spacial score (nSPS) is 23.3. The van der Waals surface area contributed by atoms with Crippen LogP contribution in [0.15, 0.2) is 90.0 Å². The molecule has 4 aliphatic carbocycles. The molecule has 0 aliphatic heterocycles. The number of hydrogen-bond donors (Lipinski definition) is 2. The Morgan fingerprint density at radius 2 is 1.56 bits per heavy atom. The summed E-state index contributed by atoms with van der Waals surface area (Å²) in [6.45, 7) is 2.16. The Balaban J connectivity index is 0.946. The number of hydrogen-bond acceptors (Lipinski definition) is 5. The van der Waals surface area contributed by atoms with Crippen molar-refractivity contribution in [3.63, 3.8) is 0 Å². The molecule has 7 nitrogen and oxygen atoms in total. The van der Waals surface area contributed by atoms with Crippen molar-refractivity contribution in [3.05, 3.63) is 102 Å². The first-order valence-corrected chi connectivity index (χ1v) is 16.1. The molecule has 4 aromatic rings. The van der Waals surface area contributed by atoms with Crippen LogP contribution in [0, 0.1) is 17.8 Å². The number of anilines is 1. The minimum absolute atomic E-state index is 0.147. The fraction of sp³-hybridized carbons (Fsp3) is 0.342. The number of carbonyl (C=O) groups excluding carboxylic acids is 2. The lowest BCUT2D eigenvalue weighted by Crippen LogP contribution is -2.48. The molecule has 0 unspecified atom stereocenters. The van der Waals surface area contributed by atoms with Gasteiger partial charge in [-0.25, -0.2) is 5.43 Å². The van der Waals surface area contributed by atoms with Crippen molar-refractivity contribution in [2.75, 3.05) is 18.5 Å². The second-order valence-corrected chi connectivity index (χ2v) is 13.0. The van der Waals surface area contributed by atoms with E-state index in [2.05, 4.69) is 28.0 Å². The molecule has 0 heterocycles. The Morgan fingerprint density at radius 3 is 2.29 bits per heavy atom. The molecular weight excluding hydrogens is 562 g/mol. The van der Waals surface area contributed by atoms with E-state index in [0.717, 1.165) is 34.2 Å². The van der Waals surface area contributed by atoms with Gasteiger partial charge in [0.15, 0.2) is 18.1 Å². The zero-order chi connectivity index (χ0) is 30.8. The Bertz CT molecular complexity index is 1710. The highest BCUT2D eigenvalue weighted by Gasteiger charge is 2.51. The van der Waals surface area contributed by atoms with Crippen LogP contribution in [0.4, 0.5) is 5.69 Å². The van der Waals surface area contributed by atoms with E-state index in [1.807, 2.05) is 55.5 Å². The minimum atomic E-state index is -0.290. The summed E-state index contributed by atoms with van der Waals surface area (Å²) in [7, 11) is 0. The van der Waals surface area contributed by atoms with Crippen LogP contribution in [0.3, 0.4) is 0 Å². The molecule has 4 aliphatic rings. The number of nitrogens with one attached hydrogen (secondary N) is 2. The van der Waals surface area contributed by atoms with E-state index < -0.39 is 0 Å². The van der Waals surface area contributed by atoms with E-state index in [1.54, 1.807) is 30.5 Å². The van der Waals surface area contributed by atoms with Crippen LogP contribution in [0.2, 0.25) is 0 Å². The van der Waals surface area contributed by atoms with E-state index in [9.17, 15) is 9.59 Å². The Hall–Kier alpha value is -4.65. The number of carbonyl (C=O) groups is 2. The zero-order valence-electron chi connectivity index (χ0n) is 25.6. The lowest BCUT2D eigenvalue weighted by molar-refractivity contribution is -0.118. The quantitative estimate of drug-likeness (QED) is 0.146. The van der Waals surface area contributed by atoms with Crippen LogP contribution >= 0.6 is 0 Å². The van der Waals surface area contributed by atoms with Crippen molar-refractivity contribution in [1.82, 2.24) is 5.43 Å². The number of nitrogens with zero attached hydrogens (tertiary/aromatic N) is 1. The third-order valence-electron chi connectivity index (χ3n) is 9.86. The highest BCUT2D eigenvalue weighted by Crippen LogP contribution is 2.60. The predicted octanol–water partition coefficient (Wildman–Crippen LogP) is 7.49. The fourth-order valence-electron chi connectivity index (χ4n) is 8.35. The first-order chi connectivity index (χ1) is 22.0. The first-order valence-electron chi connectivity index (χ1n) is 16.1. The molecule has 0 radical (unpaired) electrons. The third-order valence-corrected chi connectivity index (χ3v) is 9.86. The Morgan fingerprint density at radius 1 is 0.844 bits per heavy atom. The first kappa shape index (κ1) is 29.1. The van der Waals surface area contributed by atoms with E-state index in [-0.39, 0.29) is 18.4 Å². The van der Waals surface area contributed by atoms with Crippen LogP contribution in [0.5, 0.6) is 11.5 Å². The highest BCUT2D eigenvalue weighted by atomic mass is 16.5. The van der Waals surface area contributed by atoms with Gasteiger partial charge in [0.25, 0.3) is 11.8 Å². The van der Waals surface area contributed by atoms with Crippen LogP contribution in [0.25, 0.3) is 10.8 Å². The molecule has 8 rings (SSSR count). The largest absolute Gasteiger partial charge is 0.490 e. The van der Waals surface area contributed by atoms with Gasteiger partial charge in [-0.1, -0.05) is 48.5 Å². The van der Waals surface area contributed by atoms with Crippen molar-refractivity contribution >= 4 is 34.5 Å². The lowest BCUT2D eigenvalue weighted by atomic mass is 9.48. The van der Waals surface area contributed by atoms with Crippen LogP contribution in [-0.4, -0.2) is 31.2 Å². The number of fused-ring (bicyclic) bond motifs is 1. The summed E-state index contributed by atoms with van der Waals surface area (Å²) >= 11 is 0. The van der Waals surface area contributed by atoms with Crippen LogP contribution in [0.1, 0.15) is 66.9 Å². The molecule has 45 heavy (non-hydrogen) atoms. The fourth-order valence-corrected chi connectivity index (χ4v) is 8.35. The molecule has 230 valence electrons. The van der Waals surface area contributed by atoms with Gasteiger partial charge in [-0.05, 0) is 127 Å². The molecule has 4 saturated carbocycles. The summed E-state index contributed by atoms with van der Waals surface area (Å²) in [5.74, 6) is 3.13.